The molecule has 3 heteroatoms. The lowest BCUT2D eigenvalue weighted by molar-refractivity contribution is 0.140. The summed E-state index contributed by atoms with van der Waals surface area (Å²) in [5.41, 5.74) is 7.37. The average molecular weight is 276 g/mol. The summed E-state index contributed by atoms with van der Waals surface area (Å²) >= 11 is 0. The van der Waals surface area contributed by atoms with E-state index in [-0.39, 0.29) is 0 Å². The number of nitrogens with two attached hydrogens (primary N) is 1. The average Bonchev–Trinajstić information content (AvgIpc) is 2.44. The lowest BCUT2D eigenvalue weighted by atomic mass is 9.98. The fraction of sp³-hybridized carbons (Fsp3) is 0.647. The Morgan fingerprint density at radius 2 is 2.05 bits per heavy atom. The van der Waals surface area contributed by atoms with Gasteiger partial charge < -0.3 is 10.5 Å². The van der Waals surface area contributed by atoms with Gasteiger partial charge in [0, 0.05) is 25.2 Å². The quantitative estimate of drug-likeness (QED) is 0.811. The van der Waals surface area contributed by atoms with Crippen LogP contribution in [0.5, 0.6) is 5.75 Å². The van der Waals surface area contributed by atoms with Crippen LogP contribution in [0.2, 0.25) is 0 Å². The lowest BCUT2D eigenvalue weighted by Gasteiger charge is -2.36. The smallest absolute Gasteiger partial charge is 0.119 e. The molecule has 2 rings (SSSR count). The van der Waals surface area contributed by atoms with Gasteiger partial charge in [-0.25, -0.2) is 0 Å². The van der Waals surface area contributed by atoms with Crippen molar-refractivity contribution in [1.29, 1.82) is 0 Å². The van der Waals surface area contributed by atoms with E-state index in [4.69, 9.17) is 10.5 Å². The van der Waals surface area contributed by atoms with Gasteiger partial charge in [0.05, 0.1) is 6.61 Å². The minimum Gasteiger partial charge on any atom is -0.494 e. The summed E-state index contributed by atoms with van der Waals surface area (Å²) in [7, 11) is 0. The van der Waals surface area contributed by atoms with Gasteiger partial charge in [0.25, 0.3) is 0 Å². The van der Waals surface area contributed by atoms with Crippen LogP contribution in [0.25, 0.3) is 0 Å². The maximum Gasteiger partial charge on any atom is 0.119 e. The number of unbranched alkanes of at least 4 members (excludes halogenated alkanes) is 1. The van der Waals surface area contributed by atoms with Crippen molar-refractivity contribution in [3.63, 3.8) is 0 Å². The zero-order valence-electron chi connectivity index (χ0n) is 12.8. The standard InChI is InChI=1S/C17H28N2O/c1-3-4-11-20-17-7-5-15(6-8-17)13-19-10-9-16(18)12-14(19)2/h5-8,14,16H,3-4,9-13,18H2,1-2H3/t14-,16-/m1/s1. The van der Waals surface area contributed by atoms with Crippen molar-refractivity contribution < 1.29 is 4.74 Å². The Morgan fingerprint density at radius 1 is 1.30 bits per heavy atom. The van der Waals surface area contributed by atoms with E-state index in [2.05, 4.69) is 43.0 Å². The van der Waals surface area contributed by atoms with Crippen LogP contribution in [-0.4, -0.2) is 30.1 Å². The summed E-state index contributed by atoms with van der Waals surface area (Å²) in [5.74, 6) is 0.982. The molecule has 1 heterocycles. The monoisotopic (exact) mass is 276 g/mol. The van der Waals surface area contributed by atoms with Gasteiger partial charge in [0.15, 0.2) is 0 Å². The van der Waals surface area contributed by atoms with Gasteiger partial charge in [-0.15, -0.1) is 0 Å². The van der Waals surface area contributed by atoms with Gasteiger partial charge in [-0.2, -0.15) is 0 Å². The van der Waals surface area contributed by atoms with Gasteiger partial charge >= 0.3 is 0 Å². The Kier molecular flexibility index (Phi) is 5.86. The Morgan fingerprint density at radius 3 is 2.70 bits per heavy atom. The molecule has 1 aromatic rings. The zero-order valence-corrected chi connectivity index (χ0v) is 12.8. The molecular weight excluding hydrogens is 248 g/mol. The molecule has 0 spiro atoms. The first-order valence-electron chi connectivity index (χ1n) is 7.90. The Balaban J connectivity index is 1.84. The van der Waals surface area contributed by atoms with Crippen molar-refractivity contribution in [1.82, 2.24) is 4.90 Å². The first-order valence-corrected chi connectivity index (χ1v) is 7.90. The first kappa shape index (κ1) is 15.3. The fourth-order valence-electron chi connectivity index (χ4n) is 2.75. The largest absolute Gasteiger partial charge is 0.494 e. The Hall–Kier alpha value is -1.06. The summed E-state index contributed by atoms with van der Waals surface area (Å²) in [6.45, 7) is 7.40. The molecule has 0 bridgehead atoms. The molecule has 1 aliphatic heterocycles. The molecule has 1 fully saturated rings. The number of hydrogen-bond acceptors (Lipinski definition) is 3. The van der Waals surface area contributed by atoms with Crippen molar-refractivity contribution in [2.45, 2.75) is 58.2 Å². The maximum absolute atomic E-state index is 6.02. The van der Waals surface area contributed by atoms with Crippen LogP contribution in [-0.2, 0) is 6.54 Å². The maximum atomic E-state index is 6.02. The molecule has 1 aliphatic rings. The second kappa shape index (κ2) is 7.65. The third kappa shape index (κ3) is 4.50. The molecule has 0 aliphatic carbocycles. The van der Waals surface area contributed by atoms with E-state index < -0.39 is 0 Å². The summed E-state index contributed by atoms with van der Waals surface area (Å²) in [4.78, 5) is 2.52. The van der Waals surface area contributed by atoms with Crippen molar-refractivity contribution in [3.8, 4) is 5.75 Å². The molecule has 0 saturated carbocycles. The number of ether oxygens (including phenoxy) is 1. The minimum atomic E-state index is 0.385. The first-order chi connectivity index (χ1) is 9.69. The highest BCUT2D eigenvalue weighted by Gasteiger charge is 2.22. The van der Waals surface area contributed by atoms with Crippen molar-refractivity contribution in [2.24, 2.45) is 5.73 Å². The van der Waals surface area contributed by atoms with Crippen LogP contribution in [0, 0.1) is 0 Å². The second-order valence-electron chi connectivity index (χ2n) is 5.95. The number of piperidine rings is 1. The molecule has 2 atom stereocenters. The topological polar surface area (TPSA) is 38.5 Å². The van der Waals surface area contributed by atoms with Gasteiger partial charge in [-0.1, -0.05) is 25.5 Å². The molecule has 0 radical (unpaired) electrons. The summed E-state index contributed by atoms with van der Waals surface area (Å²) < 4.78 is 5.70. The van der Waals surface area contributed by atoms with E-state index in [1.807, 2.05) is 0 Å². The SMILES string of the molecule is CCCCOc1ccc(CN2CC[C@@H](N)C[C@H]2C)cc1. The van der Waals surface area contributed by atoms with Crippen molar-refractivity contribution in [3.05, 3.63) is 29.8 Å². The van der Waals surface area contributed by atoms with E-state index in [1.54, 1.807) is 0 Å². The van der Waals surface area contributed by atoms with Crippen LogP contribution >= 0.6 is 0 Å². The van der Waals surface area contributed by atoms with Crippen LogP contribution in [0.4, 0.5) is 0 Å². The number of hydrogen-bond donors (Lipinski definition) is 1. The summed E-state index contributed by atoms with van der Waals surface area (Å²) in [6, 6.07) is 9.51. The second-order valence-corrected chi connectivity index (χ2v) is 5.95. The van der Waals surface area contributed by atoms with Crippen molar-refractivity contribution in [2.75, 3.05) is 13.2 Å². The highest BCUT2D eigenvalue weighted by atomic mass is 16.5. The van der Waals surface area contributed by atoms with E-state index in [0.717, 1.165) is 44.7 Å². The molecule has 20 heavy (non-hydrogen) atoms. The summed E-state index contributed by atoms with van der Waals surface area (Å²) in [5, 5.41) is 0. The Bertz CT molecular complexity index is 390. The molecule has 1 saturated heterocycles. The van der Waals surface area contributed by atoms with E-state index in [9.17, 15) is 0 Å². The van der Waals surface area contributed by atoms with Gasteiger partial charge in [-0.05, 0) is 43.9 Å². The van der Waals surface area contributed by atoms with Crippen LogP contribution in [0.1, 0.15) is 45.1 Å². The highest BCUT2D eigenvalue weighted by molar-refractivity contribution is 5.27. The fourth-order valence-corrected chi connectivity index (χ4v) is 2.75. The number of benzene rings is 1. The van der Waals surface area contributed by atoms with E-state index in [0.29, 0.717) is 12.1 Å². The van der Waals surface area contributed by atoms with Gasteiger partial charge in [0.1, 0.15) is 5.75 Å². The number of rotatable bonds is 6. The Labute approximate surface area is 123 Å². The molecule has 2 N–H and O–H groups in total. The van der Waals surface area contributed by atoms with Gasteiger partial charge in [0.2, 0.25) is 0 Å². The number of likely N-dealkylation sites (tertiary alicyclic amines) is 1. The molecule has 0 amide bonds. The molecule has 1 aromatic carbocycles. The third-order valence-electron chi connectivity index (χ3n) is 4.13. The van der Waals surface area contributed by atoms with E-state index >= 15 is 0 Å². The molecule has 0 aromatic heterocycles. The van der Waals surface area contributed by atoms with Gasteiger partial charge in [-0.3, -0.25) is 4.90 Å². The number of nitrogens with zero attached hydrogens (tertiary/aromatic N) is 1. The summed E-state index contributed by atoms with van der Waals surface area (Å²) in [6.07, 6.45) is 4.52. The molecular formula is C17H28N2O. The van der Waals surface area contributed by atoms with Crippen molar-refractivity contribution >= 4 is 0 Å². The predicted octanol–water partition coefficient (Wildman–Crippen LogP) is 3.18. The third-order valence-corrected chi connectivity index (χ3v) is 4.13. The zero-order chi connectivity index (χ0) is 14.4. The van der Waals surface area contributed by atoms with E-state index in [1.165, 1.54) is 12.0 Å². The lowest BCUT2D eigenvalue weighted by Crippen LogP contribution is -2.44. The molecule has 112 valence electrons. The predicted molar refractivity (Wildman–Crippen MR) is 83.9 cm³/mol. The normalized spacial score (nSPS) is 23.8. The molecule has 3 nitrogen and oxygen atoms in total. The highest BCUT2D eigenvalue weighted by Crippen LogP contribution is 2.20. The van der Waals surface area contributed by atoms with Crippen LogP contribution < -0.4 is 10.5 Å². The van der Waals surface area contributed by atoms with Crippen LogP contribution in [0.3, 0.4) is 0 Å². The minimum absolute atomic E-state index is 0.385. The molecule has 0 unspecified atom stereocenters. The van der Waals surface area contributed by atoms with Crippen LogP contribution in [0.15, 0.2) is 24.3 Å².